The quantitative estimate of drug-likeness (QED) is 0.0808. The maximum absolute atomic E-state index is 4.57. The molecule has 9 rings (SSSR count). The van der Waals surface area contributed by atoms with Gasteiger partial charge in [-0.05, 0) is 154 Å². The van der Waals surface area contributed by atoms with Crippen molar-refractivity contribution >= 4 is 78.9 Å². The fourth-order valence-corrected chi connectivity index (χ4v) is 15.3. The molecule has 5 heteroatoms. The first-order valence-corrected chi connectivity index (χ1v) is 27.8. The average Bonchev–Trinajstić information content (AvgIpc) is 3.26. The monoisotopic (exact) mass is 1090 g/mol. The molecule has 0 aromatic heterocycles. The molecule has 0 aliphatic carbocycles. The molecule has 0 aliphatic rings. The fourth-order valence-electron chi connectivity index (χ4n) is 9.54. The van der Waals surface area contributed by atoms with Gasteiger partial charge in [-0.15, -0.1) is 0 Å². The molecule has 0 heterocycles. The summed E-state index contributed by atoms with van der Waals surface area (Å²) < 4.78 is 0. The van der Waals surface area contributed by atoms with Crippen molar-refractivity contribution in [1.82, 2.24) is 0 Å². The molecule has 0 saturated carbocycles. The average molecular weight is 1090 g/mol. The van der Waals surface area contributed by atoms with E-state index in [-0.39, 0.29) is 34.7 Å². The van der Waals surface area contributed by atoms with E-state index in [1.54, 1.807) is 0 Å². The van der Waals surface area contributed by atoms with Gasteiger partial charge in [0.15, 0.2) is 0 Å². The van der Waals surface area contributed by atoms with Crippen LogP contribution in [-0.2, 0) is 17.3 Å². The van der Waals surface area contributed by atoms with Crippen molar-refractivity contribution in [3.8, 4) is 11.1 Å². The van der Waals surface area contributed by atoms with Crippen LogP contribution in [0.2, 0.25) is 0 Å². The first kappa shape index (κ1) is 59.9. The predicted octanol–water partition coefficient (Wildman–Crippen LogP) is 13.8. The van der Waals surface area contributed by atoms with Crippen LogP contribution < -0.4 is 44.2 Å². The van der Waals surface area contributed by atoms with Crippen LogP contribution in [0.5, 0.6) is 0 Å². The summed E-state index contributed by atoms with van der Waals surface area (Å²) in [5.74, 6) is 0.653. The van der Waals surface area contributed by atoms with Crippen molar-refractivity contribution in [3.05, 3.63) is 248 Å². The van der Waals surface area contributed by atoms with Crippen LogP contribution in [0.4, 0.5) is 0 Å². The van der Waals surface area contributed by atoms with E-state index in [0.29, 0.717) is 5.92 Å². The van der Waals surface area contributed by atoms with Gasteiger partial charge in [0.25, 0.3) is 0 Å². The molecule has 0 radical (unpaired) electrons. The van der Waals surface area contributed by atoms with E-state index in [0.717, 1.165) is 0 Å². The Labute approximate surface area is 446 Å². The van der Waals surface area contributed by atoms with Crippen molar-refractivity contribution < 1.29 is 29.7 Å². The third-order valence-electron chi connectivity index (χ3n) is 12.1. The zero-order valence-electron chi connectivity index (χ0n) is 43.7. The summed E-state index contributed by atoms with van der Waals surface area (Å²) in [6.07, 6.45) is 0. The zero-order chi connectivity index (χ0) is 47.2. The van der Waals surface area contributed by atoms with E-state index in [1.165, 1.54) is 120 Å². The van der Waals surface area contributed by atoms with Crippen molar-refractivity contribution in [2.45, 2.75) is 82.1 Å². The van der Waals surface area contributed by atoms with Gasteiger partial charge in [-0.2, -0.15) is 0 Å². The predicted molar refractivity (Wildman–Crippen MR) is 313 cm³/mol. The number of hydrogen-bond donors (Lipinski definition) is 0. The van der Waals surface area contributed by atoms with E-state index >= 15 is 0 Å². The maximum atomic E-state index is 4.57. The molecule has 9 aromatic rings. The van der Waals surface area contributed by atoms with Crippen LogP contribution in [0.1, 0.15) is 75.4 Å². The van der Waals surface area contributed by atoms with Gasteiger partial charge < -0.3 is 34.7 Å². The van der Waals surface area contributed by atoms with Crippen LogP contribution in [-0.4, -0.2) is 0 Å². The van der Waals surface area contributed by atoms with Gasteiger partial charge in [0.2, 0.25) is 0 Å². The summed E-state index contributed by atoms with van der Waals surface area (Å²) in [6, 6.07) is 65.3. The topological polar surface area (TPSA) is 0 Å². The van der Waals surface area contributed by atoms with Gasteiger partial charge in [-0.1, -0.05) is 234 Å². The van der Waals surface area contributed by atoms with Gasteiger partial charge in [-0.25, -0.2) is 0 Å². The normalized spacial score (nSPS) is 10.6. The Kier molecular flexibility index (Phi) is 23.0. The van der Waals surface area contributed by atoms with Crippen LogP contribution in [0, 0.1) is 84.6 Å². The minimum atomic E-state index is -0.937. The molecule has 0 fully saturated rings. The molecule has 0 spiro atoms. The third-order valence-corrected chi connectivity index (χ3v) is 17.0. The van der Waals surface area contributed by atoms with Crippen LogP contribution >= 0.6 is 25.5 Å². The van der Waals surface area contributed by atoms with Crippen LogP contribution in [0.15, 0.2) is 170 Å². The molecule has 0 N–H and O–H groups in total. The summed E-state index contributed by atoms with van der Waals surface area (Å²) >= 11 is 1.82. The van der Waals surface area contributed by atoms with Crippen LogP contribution in [0.3, 0.4) is 0 Å². The molecule has 9 aromatic carbocycles. The fraction of sp³-hybridized carbons (Fsp3) is 0.185. The summed E-state index contributed by atoms with van der Waals surface area (Å²) in [5.41, 5.74) is 16.0. The Morgan fingerprint density at radius 1 is 0.343 bits per heavy atom. The number of fused-ring (bicyclic) bond motifs is 2. The Balaban J connectivity index is 0.000000719. The van der Waals surface area contributed by atoms with Crippen molar-refractivity contribution in [3.63, 3.8) is 0 Å². The Hall–Kier alpha value is -4.44. The number of benzene rings is 9. The number of aryl methyl sites for hydroxylation is 9. The first-order valence-electron chi connectivity index (χ1n) is 22.9. The van der Waals surface area contributed by atoms with Gasteiger partial charge in [0.05, 0.1) is 0 Å². The molecule has 0 unspecified atom stereocenters. The third kappa shape index (κ3) is 13.9. The van der Waals surface area contributed by atoms with E-state index in [1.807, 2.05) is 17.3 Å². The first-order chi connectivity index (χ1) is 31.7. The molecule has 0 aliphatic heterocycles. The zero-order valence-corrected chi connectivity index (χ0v) is 48.8. The van der Waals surface area contributed by atoms with E-state index in [4.69, 9.17) is 0 Å². The van der Waals surface area contributed by atoms with Crippen molar-refractivity contribution in [2.24, 2.45) is 0 Å². The molecule has 0 saturated heterocycles. The van der Waals surface area contributed by atoms with Crippen LogP contribution in [0.25, 0.3) is 32.7 Å². The Morgan fingerprint density at radius 2 is 0.614 bits per heavy atom. The standard InChI is InChI=1S/C52H48P2.C10H14.3CH3.2ClH.Ru/c1-33-21-34(2)26-43(25-33)53(44-27-35(3)22-36(4)28-44)49-19-17-41-13-9-11-15-47(41)51(49)52-48-16-12-10-14-42(48)18-20-50(52)54(45-29-37(5)23-38(6)30-45)46-31-39(7)24-40(8)32-46;1-8(2)10-6-4-9(3)5-7-10;;;;;;/h9-32H,1-8H3;4-8H,1-3H3;3*1H3;2*1H;/q;;3*-1;;;+2/p-2. The second-order valence-corrected chi connectivity index (χ2v) is 22.9. The van der Waals surface area contributed by atoms with Gasteiger partial charge in [0, 0.05) is 0 Å². The summed E-state index contributed by atoms with van der Waals surface area (Å²) in [4.78, 5) is 0. The Morgan fingerprint density at radius 3 is 0.886 bits per heavy atom. The van der Waals surface area contributed by atoms with Gasteiger partial charge in [-0.3, -0.25) is 0 Å². The summed E-state index contributed by atoms with van der Waals surface area (Å²) in [7, 11) is 2.69. The number of hydrogen-bond acceptors (Lipinski definition) is 0. The Bertz CT molecular complexity index is 2780. The molecule has 0 bridgehead atoms. The SMILES string of the molecule is Cc1cc(C)cc(P(c2cc(C)cc(C)c2)c2ccc3ccccc3c2-c2c(P(c3cc(C)cc(C)c3)c3cc(C)cc(C)c3)ccc3ccccc23)c1.Cc1ccc(C(C)C)cc1.[CH3-].[CH3-].[CH3-].[Cl-].[Cl][Ru+]. The van der Waals surface area contributed by atoms with E-state index in [9.17, 15) is 0 Å². The molecule has 366 valence electrons. The van der Waals surface area contributed by atoms with E-state index < -0.39 is 15.8 Å². The van der Waals surface area contributed by atoms with Crippen molar-refractivity contribution in [1.29, 1.82) is 0 Å². The molecule has 0 atom stereocenters. The number of rotatable bonds is 8. The molecule has 0 amide bonds. The molecule has 0 nitrogen and oxygen atoms in total. The minimum absolute atomic E-state index is 0. The van der Waals surface area contributed by atoms with E-state index in [2.05, 4.69) is 256 Å². The summed E-state index contributed by atoms with van der Waals surface area (Å²) in [5, 5.41) is 13.6. The number of halogens is 2. The second-order valence-electron chi connectivity index (χ2n) is 18.5. The van der Waals surface area contributed by atoms with Crippen molar-refractivity contribution in [2.75, 3.05) is 0 Å². The molecular weight excluding hydrogens is 1010 g/mol. The molecular formula is C65H71Cl2P2Ru-3. The van der Waals surface area contributed by atoms with Gasteiger partial charge in [0.1, 0.15) is 0 Å². The second kappa shape index (κ2) is 26.9. The van der Waals surface area contributed by atoms with Gasteiger partial charge >= 0.3 is 27.0 Å². The summed E-state index contributed by atoms with van der Waals surface area (Å²) in [6.45, 7) is 24.5. The molecule has 70 heavy (non-hydrogen) atoms.